The van der Waals surface area contributed by atoms with Gasteiger partial charge in [-0.25, -0.2) is 0 Å². The molecule has 3 aliphatic heterocycles. The molecule has 0 saturated carbocycles. The Labute approximate surface area is 516 Å². The molecule has 0 aromatic heterocycles. The number of hydrogen-bond donors (Lipinski definition) is 12. The van der Waals surface area contributed by atoms with Crippen LogP contribution in [0, 0.1) is 0 Å². The van der Waals surface area contributed by atoms with Crippen molar-refractivity contribution in [1.29, 1.82) is 0 Å². The Kier molecular flexibility index (Phi) is 44.8. The van der Waals surface area contributed by atoms with Crippen molar-refractivity contribution in [1.82, 2.24) is 5.32 Å². The predicted molar refractivity (Wildman–Crippen MR) is 332 cm³/mol. The Balaban J connectivity index is 1.35. The third-order valence-corrected chi connectivity index (χ3v) is 16.9. The number of carbonyl (C=O) groups is 1. The Hall–Kier alpha value is -2.25. The SMILES string of the molecule is CCCCCCC/C=C\C/C=C\C/C=C\CCCCCCCCCCCCCCCCCCC(=O)NC(COC1OC(CO)C(OC2OC(CO)C(OC3OC(CO)C(O)C(O)C3O)C(O)C2O)C(O)C1O)C(O)/C=C/CCCCCCCCCC. The van der Waals surface area contributed by atoms with Crippen molar-refractivity contribution >= 4 is 5.91 Å². The van der Waals surface area contributed by atoms with Gasteiger partial charge in [0.2, 0.25) is 5.91 Å². The highest BCUT2D eigenvalue weighted by molar-refractivity contribution is 5.76. The van der Waals surface area contributed by atoms with Gasteiger partial charge in [0.25, 0.3) is 0 Å². The minimum absolute atomic E-state index is 0.243. The van der Waals surface area contributed by atoms with Gasteiger partial charge in [0.05, 0.1) is 38.6 Å². The van der Waals surface area contributed by atoms with Crippen molar-refractivity contribution in [3.8, 4) is 0 Å². The molecule has 12 N–H and O–H groups in total. The van der Waals surface area contributed by atoms with Crippen molar-refractivity contribution in [3.05, 3.63) is 48.6 Å². The van der Waals surface area contributed by atoms with Crippen LogP contribution in [-0.2, 0) is 33.2 Å². The molecule has 0 radical (unpaired) electrons. The molecule has 0 aliphatic carbocycles. The van der Waals surface area contributed by atoms with E-state index in [1.54, 1.807) is 6.08 Å². The lowest BCUT2D eigenvalue weighted by Gasteiger charge is -2.48. The minimum Gasteiger partial charge on any atom is -0.394 e. The maximum absolute atomic E-state index is 13.3. The van der Waals surface area contributed by atoms with Crippen LogP contribution in [0.15, 0.2) is 48.6 Å². The number of ether oxygens (including phenoxy) is 6. The summed E-state index contributed by atoms with van der Waals surface area (Å²) >= 11 is 0. The van der Waals surface area contributed by atoms with E-state index >= 15 is 0 Å². The van der Waals surface area contributed by atoms with Crippen LogP contribution in [0.4, 0.5) is 0 Å². The Bertz CT molecular complexity index is 1750. The number of amides is 1. The molecule has 1 amide bonds. The van der Waals surface area contributed by atoms with Crippen molar-refractivity contribution in [2.24, 2.45) is 0 Å². The summed E-state index contributed by atoms with van der Waals surface area (Å²) in [6.07, 6.45) is 31.2. The van der Waals surface area contributed by atoms with E-state index in [0.717, 1.165) is 57.8 Å². The summed E-state index contributed by atoms with van der Waals surface area (Å²) in [4.78, 5) is 13.3. The summed E-state index contributed by atoms with van der Waals surface area (Å²) in [5, 5.41) is 120. The standard InChI is InChI=1S/C67H121NO18/c1-3-5-7-9-11-13-15-16-17-18-19-20-21-22-23-24-25-26-27-28-29-30-31-32-33-34-35-37-39-41-43-45-55(73)68-50(51(72)44-42-40-38-36-14-12-10-8-6-4-2)49-81-65-61(79)58(76)63(53(47-70)83-65)86-67-62(80)59(77)64(54(48-71)84-67)85-66-60(78)57(75)56(74)52(46-69)82-66/h15-16,18-19,21-22,42,44,50-54,56-67,69-72,74-80H,3-14,17,20,23-41,43,45-49H2,1-2H3,(H,68,73)/b16-15-,19-18-,22-21-,44-42+. The van der Waals surface area contributed by atoms with E-state index in [1.165, 1.54) is 154 Å². The fourth-order valence-corrected chi connectivity index (χ4v) is 11.3. The Morgan fingerprint density at radius 1 is 0.419 bits per heavy atom. The zero-order chi connectivity index (χ0) is 62.6. The summed E-state index contributed by atoms with van der Waals surface area (Å²) < 4.78 is 34.2. The molecule has 3 aliphatic rings. The number of hydrogen-bond acceptors (Lipinski definition) is 18. The van der Waals surface area contributed by atoms with Gasteiger partial charge in [0.1, 0.15) is 73.2 Å². The first kappa shape index (κ1) is 78.0. The number of aliphatic hydroxyl groups is 11. The number of nitrogens with one attached hydrogen (secondary N) is 1. The van der Waals surface area contributed by atoms with Crippen molar-refractivity contribution in [2.75, 3.05) is 26.4 Å². The fraction of sp³-hybridized carbons (Fsp3) is 0.866. The molecule has 0 aromatic rings. The molecule has 17 unspecified atom stereocenters. The molecule has 3 rings (SSSR count). The van der Waals surface area contributed by atoms with Crippen molar-refractivity contribution in [2.45, 2.75) is 343 Å². The average Bonchev–Trinajstić information content (AvgIpc) is 1.89. The number of rotatable bonds is 51. The van der Waals surface area contributed by atoms with E-state index in [9.17, 15) is 61.0 Å². The van der Waals surface area contributed by atoms with E-state index in [2.05, 4.69) is 55.6 Å². The van der Waals surface area contributed by atoms with Crippen LogP contribution in [0.2, 0.25) is 0 Å². The smallest absolute Gasteiger partial charge is 0.220 e. The van der Waals surface area contributed by atoms with E-state index in [0.29, 0.717) is 6.42 Å². The van der Waals surface area contributed by atoms with Gasteiger partial charge >= 0.3 is 0 Å². The molecule has 502 valence electrons. The summed E-state index contributed by atoms with van der Waals surface area (Å²) in [7, 11) is 0. The van der Waals surface area contributed by atoms with Crippen molar-refractivity contribution < 1.29 is 89.4 Å². The quantitative estimate of drug-likeness (QED) is 0.0202. The zero-order valence-corrected chi connectivity index (χ0v) is 52.8. The third kappa shape index (κ3) is 31.7. The van der Waals surface area contributed by atoms with E-state index in [4.69, 9.17) is 28.4 Å². The monoisotopic (exact) mass is 1230 g/mol. The molecular formula is C67H121NO18. The average molecular weight is 1230 g/mol. The van der Waals surface area contributed by atoms with Crippen LogP contribution in [0.1, 0.15) is 239 Å². The first-order chi connectivity index (χ1) is 41.8. The largest absolute Gasteiger partial charge is 0.394 e. The molecule has 0 spiro atoms. The number of allylic oxidation sites excluding steroid dienone is 7. The van der Waals surface area contributed by atoms with E-state index < -0.39 is 124 Å². The van der Waals surface area contributed by atoms with Crippen LogP contribution in [0.3, 0.4) is 0 Å². The zero-order valence-electron chi connectivity index (χ0n) is 52.8. The highest BCUT2D eigenvalue weighted by Gasteiger charge is 2.53. The molecular weight excluding hydrogens is 1110 g/mol. The molecule has 3 saturated heterocycles. The van der Waals surface area contributed by atoms with Gasteiger partial charge in [-0.05, 0) is 57.8 Å². The Morgan fingerprint density at radius 2 is 0.767 bits per heavy atom. The number of unbranched alkanes of at least 4 members (excludes halogenated alkanes) is 29. The van der Waals surface area contributed by atoms with Crippen LogP contribution in [0.5, 0.6) is 0 Å². The summed E-state index contributed by atoms with van der Waals surface area (Å²) in [6.45, 7) is 1.69. The number of aliphatic hydroxyl groups excluding tert-OH is 11. The lowest BCUT2D eigenvalue weighted by molar-refractivity contribution is -0.379. The molecule has 19 nitrogen and oxygen atoms in total. The molecule has 0 bridgehead atoms. The normalized spacial score (nSPS) is 29.1. The minimum atomic E-state index is -1.98. The lowest BCUT2D eigenvalue weighted by atomic mass is 9.96. The van der Waals surface area contributed by atoms with Gasteiger partial charge in [0.15, 0.2) is 18.9 Å². The molecule has 17 atom stereocenters. The maximum Gasteiger partial charge on any atom is 0.220 e. The second-order valence-electron chi connectivity index (χ2n) is 24.3. The Morgan fingerprint density at radius 3 is 1.20 bits per heavy atom. The maximum atomic E-state index is 13.3. The molecule has 3 heterocycles. The summed E-state index contributed by atoms with van der Waals surface area (Å²) in [6, 6.07) is -0.971. The first-order valence-electron chi connectivity index (χ1n) is 33.9. The second-order valence-corrected chi connectivity index (χ2v) is 24.3. The topological polar surface area (TPSA) is 307 Å². The highest BCUT2D eigenvalue weighted by atomic mass is 16.8. The first-order valence-corrected chi connectivity index (χ1v) is 33.9. The van der Waals surface area contributed by atoms with Gasteiger partial charge in [-0.1, -0.05) is 223 Å². The van der Waals surface area contributed by atoms with Crippen LogP contribution >= 0.6 is 0 Å². The van der Waals surface area contributed by atoms with Gasteiger partial charge in [-0.3, -0.25) is 4.79 Å². The second kappa shape index (κ2) is 49.5. The fourth-order valence-electron chi connectivity index (χ4n) is 11.3. The van der Waals surface area contributed by atoms with Gasteiger partial charge in [-0.2, -0.15) is 0 Å². The molecule has 0 aromatic carbocycles. The summed E-state index contributed by atoms with van der Waals surface area (Å²) in [5.41, 5.74) is 0. The molecule has 86 heavy (non-hydrogen) atoms. The van der Waals surface area contributed by atoms with E-state index in [1.807, 2.05) is 6.08 Å². The van der Waals surface area contributed by atoms with Gasteiger partial charge in [-0.15, -0.1) is 0 Å². The highest BCUT2D eigenvalue weighted by Crippen LogP contribution is 2.33. The lowest BCUT2D eigenvalue weighted by Crippen LogP contribution is -2.66. The molecule has 3 fully saturated rings. The van der Waals surface area contributed by atoms with Gasteiger partial charge < -0.3 is 89.9 Å². The van der Waals surface area contributed by atoms with Gasteiger partial charge in [0, 0.05) is 6.42 Å². The summed E-state index contributed by atoms with van der Waals surface area (Å²) in [5.74, 6) is -0.277. The van der Waals surface area contributed by atoms with E-state index in [-0.39, 0.29) is 18.9 Å². The van der Waals surface area contributed by atoms with Crippen LogP contribution in [0.25, 0.3) is 0 Å². The van der Waals surface area contributed by atoms with Crippen LogP contribution in [-0.4, -0.2) is 193 Å². The third-order valence-electron chi connectivity index (χ3n) is 16.9. The van der Waals surface area contributed by atoms with Crippen LogP contribution < -0.4 is 5.32 Å². The molecule has 19 heteroatoms. The van der Waals surface area contributed by atoms with Crippen molar-refractivity contribution in [3.63, 3.8) is 0 Å². The predicted octanol–water partition coefficient (Wildman–Crippen LogP) is 8.22. The number of carbonyl (C=O) groups excluding carboxylic acids is 1.